The van der Waals surface area contributed by atoms with Gasteiger partial charge in [-0.2, -0.15) is 11.3 Å². The molecule has 4 nitrogen and oxygen atoms in total. The molecular formula is C17H13NO3S2. The molecule has 0 spiro atoms. The SMILES string of the molecule is COc1ccc(C(=O)C=c2[nH]c(=O)c(=Cc3ccsc3)s2)cc1. The summed E-state index contributed by atoms with van der Waals surface area (Å²) in [6.45, 7) is 0. The van der Waals surface area contributed by atoms with Gasteiger partial charge in [0.15, 0.2) is 5.78 Å². The van der Waals surface area contributed by atoms with Crippen LogP contribution in [0.3, 0.4) is 0 Å². The lowest BCUT2D eigenvalue weighted by Crippen LogP contribution is -2.19. The van der Waals surface area contributed by atoms with E-state index in [4.69, 9.17) is 4.74 Å². The van der Waals surface area contributed by atoms with Crippen molar-refractivity contribution >= 4 is 40.6 Å². The molecule has 0 radical (unpaired) electrons. The van der Waals surface area contributed by atoms with Crippen LogP contribution in [0.2, 0.25) is 0 Å². The number of rotatable bonds is 4. The average Bonchev–Trinajstić information content (AvgIpc) is 3.18. The molecule has 0 amide bonds. The van der Waals surface area contributed by atoms with E-state index in [1.165, 1.54) is 17.4 Å². The quantitative estimate of drug-likeness (QED) is 0.737. The van der Waals surface area contributed by atoms with E-state index < -0.39 is 0 Å². The fourth-order valence-electron chi connectivity index (χ4n) is 1.99. The summed E-state index contributed by atoms with van der Waals surface area (Å²) in [6.07, 6.45) is 3.26. The third-order valence-electron chi connectivity index (χ3n) is 3.16. The summed E-state index contributed by atoms with van der Waals surface area (Å²) in [5, 5.41) is 3.92. The minimum absolute atomic E-state index is 0.160. The molecule has 0 saturated carbocycles. The maximum absolute atomic E-state index is 12.2. The van der Waals surface area contributed by atoms with Gasteiger partial charge >= 0.3 is 0 Å². The second-order valence-corrected chi connectivity index (χ2v) is 6.59. The minimum atomic E-state index is -0.185. The summed E-state index contributed by atoms with van der Waals surface area (Å²) in [7, 11) is 1.57. The lowest BCUT2D eigenvalue weighted by Gasteiger charge is -1.99. The van der Waals surface area contributed by atoms with Crippen molar-refractivity contribution in [2.45, 2.75) is 0 Å². The van der Waals surface area contributed by atoms with Gasteiger partial charge in [-0.3, -0.25) is 9.59 Å². The van der Waals surface area contributed by atoms with E-state index >= 15 is 0 Å². The Labute approximate surface area is 140 Å². The average molecular weight is 343 g/mol. The van der Waals surface area contributed by atoms with E-state index in [0.29, 0.717) is 20.5 Å². The number of ketones is 1. The van der Waals surface area contributed by atoms with Crippen LogP contribution in [-0.4, -0.2) is 17.9 Å². The van der Waals surface area contributed by atoms with E-state index in [1.807, 2.05) is 22.9 Å². The van der Waals surface area contributed by atoms with E-state index in [-0.39, 0.29) is 11.3 Å². The second kappa shape index (κ2) is 6.76. The highest BCUT2D eigenvalue weighted by atomic mass is 32.1. The highest BCUT2D eigenvalue weighted by molar-refractivity contribution is 7.08. The smallest absolute Gasteiger partial charge is 0.266 e. The molecule has 116 valence electrons. The lowest BCUT2D eigenvalue weighted by atomic mass is 10.1. The van der Waals surface area contributed by atoms with Crippen molar-refractivity contribution < 1.29 is 9.53 Å². The molecule has 3 aromatic rings. The van der Waals surface area contributed by atoms with Gasteiger partial charge in [0.2, 0.25) is 0 Å². The van der Waals surface area contributed by atoms with Gasteiger partial charge in [-0.25, -0.2) is 0 Å². The van der Waals surface area contributed by atoms with Gasteiger partial charge in [0.05, 0.1) is 16.3 Å². The molecule has 0 atom stereocenters. The summed E-state index contributed by atoms with van der Waals surface area (Å²) in [5.41, 5.74) is 1.34. The molecule has 23 heavy (non-hydrogen) atoms. The highest BCUT2D eigenvalue weighted by Crippen LogP contribution is 2.12. The number of aromatic amines is 1. The lowest BCUT2D eigenvalue weighted by molar-refractivity contribution is 0.106. The van der Waals surface area contributed by atoms with E-state index in [2.05, 4.69) is 4.98 Å². The summed E-state index contributed by atoms with van der Waals surface area (Å²) in [5.74, 6) is 0.533. The Bertz CT molecular complexity index is 980. The minimum Gasteiger partial charge on any atom is -0.497 e. The van der Waals surface area contributed by atoms with Crippen LogP contribution in [-0.2, 0) is 0 Å². The van der Waals surface area contributed by atoms with Gasteiger partial charge in [0.25, 0.3) is 5.56 Å². The number of H-pyrrole nitrogens is 1. The highest BCUT2D eigenvalue weighted by Gasteiger charge is 2.04. The molecule has 0 fully saturated rings. The van der Waals surface area contributed by atoms with Gasteiger partial charge in [0.1, 0.15) is 5.75 Å². The summed E-state index contributed by atoms with van der Waals surface area (Å²) in [4.78, 5) is 26.9. The second-order valence-electron chi connectivity index (χ2n) is 4.72. The first-order valence-electron chi connectivity index (χ1n) is 6.79. The number of thiazole rings is 1. The molecule has 2 heterocycles. The van der Waals surface area contributed by atoms with Crippen LogP contribution < -0.4 is 19.5 Å². The largest absolute Gasteiger partial charge is 0.497 e. The molecule has 0 aliphatic heterocycles. The van der Waals surface area contributed by atoms with Gasteiger partial charge in [-0.15, -0.1) is 11.3 Å². The third-order valence-corrected chi connectivity index (χ3v) is 4.82. The maximum atomic E-state index is 12.2. The number of carbonyl (C=O) groups is 1. The first kappa shape index (κ1) is 15.5. The Kier molecular flexibility index (Phi) is 4.55. The molecule has 0 saturated heterocycles. The molecule has 0 unspecified atom stereocenters. The number of nitrogens with one attached hydrogen (secondary N) is 1. The summed E-state index contributed by atoms with van der Waals surface area (Å²) >= 11 is 2.84. The Hall–Kier alpha value is -2.44. The number of hydrogen-bond donors (Lipinski definition) is 1. The number of thiophene rings is 1. The molecule has 1 N–H and O–H groups in total. The van der Waals surface area contributed by atoms with Crippen LogP contribution in [0.5, 0.6) is 5.75 Å². The van der Waals surface area contributed by atoms with E-state index in [9.17, 15) is 9.59 Å². The molecule has 0 aliphatic carbocycles. The van der Waals surface area contributed by atoms with Crippen LogP contribution in [0.25, 0.3) is 12.2 Å². The zero-order valence-corrected chi connectivity index (χ0v) is 13.9. The van der Waals surface area contributed by atoms with Crippen LogP contribution in [0.15, 0.2) is 45.9 Å². The number of hydrogen-bond acceptors (Lipinski definition) is 5. The summed E-state index contributed by atoms with van der Waals surface area (Å²) < 4.78 is 6.19. The van der Waals surface area contributed by atoms with Crippen molar-refractivity contribution in [3.05, 3.63) is 71.8 Å². The monoisotopic (exact) mass is 343 g/mol. The fourth-order valence-corrected chi connectivity index (χ4v) is 3.49. The first-order valence-corrected chi connectivity index (χ1v) is 8.55. The van der Waals surface area contributed by atoms with Crippen molar-refractivity contribution in [2.24, 2.45) is 0 Å². The Morgan fingerprint density at radius 1 is 1.22 bits per heavy atom. The number of ether oxygens (including phenoxy) is 1. The Morgan fingerprint density at radius 3 is 2.65 bits per heavy atom. The van der Waals surface area contributed by atoms with Gasteiger partial charge in [-0.05, 0) is 52.7 Å². The number of benzene rings is 1. The van der Waals surface area contributed by atoms with Gasteiger partial charge in [0, 0.05) is 11.6 Å². The zero-order chi connectivity index (χ0) is 16.2. The predicted molar refractivity (Wildman–Crippen MR) is 93.9 cm³/mol. The van der Waals surface area contributed by atoms with Gasteiger partial charge in [-0.1, -0.05) is 0 Å². The Balaban J connectivity index is 1.93. The molecule has 0 bridgehead atoms. The third kappa shape index (κ3) is 3.67. The molecule has 3 rings (SSSR count). The number of carbonyl (C=O) groups excluding carboxylic acids is 1. The van der Waals surface area contributed by atoms with Crippen molar-refractivity contribution in [3.8, 4) is 5.75 Å². The van der Waals surface area contributed by atoms with Crippen LogP contribution in [0.1, 0.15) is 15.9 Å². The van der Waals surface area contributed by atoms with Crippen LogP contribution in [0, 0.1) is 0 Å². The zero-order valence-electron chi connectivity index (χ0n) is 12.2. The number of Topliss-reactive ketones (excluding diaryl/α,β-unsaturated/α-hetero) is 1. The molecule has 6 heteroatoms. The van der Waals surface area contributed by atoms with Gasteiger partial charge < -0.3 is 9.72 Å². The summed E-state index contributed by atoms with van der Waals surface area (Å²) in [6, 6.07) is 8.79. The van der Waals surface area contributed by atoms with E-state index in [0.717, 1.165) is 5.56 Å². The van der Waals surface area contributed by atoms with Crippen LogP contribution >= 0.6 is 22.7 Å². The first-order chi connectivity index (χ1) is 11.2. The molecule has 0 aliphatic rings. The fraction of sp³-hybridized carbons (Fsp3) is 0.0588. The van der Waals surface area contributed by atoms with Crippen molar-refractivity contribution in [3.63, 3.8) is 0 Å². The van der Waals surface area contributed by atoms with Crippen LogP contribution in [0.4, 0.5) is 0 Å². The van der Waals surface area contributed by atoms with Crippen molar-refractivity contribution in [2.75, 3.05) is 7.11 Å². The number of methoxy groups -OCH3 is 1. The molecule has 1 aromatic carbocycles. The maximum Gasteiger partial charge on any atom is 0.266 e. The predicted octanol–water partition coefficient (Wildman–Crippen LogP) is 2.00. The number of aromatic nitrogens is 1. The Morgan fingerprint density at radius 2 is 2.00 bits per heavy atom. The topological polar surface area (TPSA) is 59.2 Å². The molecular weight excluding hydrogens is 330 g/mol. The van der Waals surface area contributed by atoms with Crippen molar-refractivity contribution in [1.29, 1.82) is 0 Å². The van der Waals surface area contributed by atoms with Crippen molar-refractivity contribution in [1.82, 2.24) is 4.98 Å². The molecule has 2 aromatic heterocycles. The normalized spacial score (nSPS) is 12.6. The van der Waals surface area contributed by atoms with E-state index in [1.54, 1.807) is 42.7 Å². The standard InChI is InChI=1S/C17H13NO3S2/c1-21-13-4-2-12(3-5-13)14(19)9-16-18-17(20)15(23-16)8-11-6-7-22-10-11/h2-10H,1H3,(H,18,20).